The van der Waals surface area contributed by atoms with E-state index in [9.17, 15) is 9.59 Å². The Morgan fingerprint density at radius 2 is 1.88 bits per heavy atom. The monoisotopic (exact) mass is 244 g/mol. The van der Waals surface area contributed by atoms with Crippen molar-refractivity contribution < 1.29 is 14.7 Å². The number of aliphatic carboxylic acids is 1. The van der Waals surface area contributed by atoms with E-state index < -0.39 is 18.0 Å². The molecule has 0 aromatic carbocycles. The predicted octanol–water partition coefficient (Wildman–Crippen LogP) is 1.98. The van der Waals surface area contributed by atoms with Gasteiger partial charge in [0.05, 0.1) is 0 Å². The van der Waals surface area contributed by atoms with Crippen LogP contribution < -0.4 is 10.6 Å². The maximum atomic E-state index is 11.4. The highest BCUT2D eigenvalue weighted by Gasteiger charge is 2.18. The second-order valence-corrected chi connectivity index (χ2v) is 4.62. The van der Waals surface area contributed by atoms with Gasteiger partial charge in [-0.3, -0.25) is 0 Å². The summed E-state index contributed by atoms with van der Waals surface area (Å²) in [6, 6.07) is -1.18. The Morgan fingerprint density at radius 3 is 2.35 bits per heavy atom. The van der Waals surface area contributed by atoms with Crippen LogP contribution >= 0.6 is 0 Å². The molecule has 0 aliphatic rings. The standard InChI is InChI=1S/C12H24N2O3/c1-4-6-10(11(15)16)14-12(17)13-8-5-7-9(2)3/h9-10H,4-8H2,1-3H3,(H,15,16)(H2,13,14,17)/t10-/m1/s1. The van der Waals surface area contributed by atoms with Gasteiger partial charge in [-0.25, -0.2) is 9.59 Å². The van der Waals surface area contributed by atoms with Crippen molar-refractivity contribution in [3.8, 4) is 0 Å². The summed E-state index contributed by atoms with van der Waals surface area (Å²) in [5.41, 5.74) is 0. The number of hydrogen-bond donors (Lipinski definition) is 3. The average molecular weight is 244 g/mol. The topological polar surface area (TPSA) is 78.4 Å². The van der Waals surface area contributed by atoms with Gasteiger partial charge in [0.2, 0.25) is 0 Å². The molecule has 0 aliphatic heterocycles. The van der Waals surface area contributed by atoms with E-state index >= 15 is 0 Å². The van der Waals surface area contributed by atoms with E-state index in [1.807, 2.05) is 6.92 Å². The number of nitrogens with one attached hydrogen (secondary N) is 2. The van der Waals surface area contributed by atoms with E-state index in [0.29, 0.717) is 18.9 Å². The number of hydrogen-bond acceptors (Lipinski definition) is 2. The van der Waals surface area contributed by atoms with Gasteiger partial charge in [-0.2, -0.15) is 0 Å². The van der Waals surface area contributed by atoms with Gasteiger partial charge in [0.25, 0.3) is 0 Å². The van der Waals surface area contributed by atoms with E-state index in [-0.39, 0.29) is 0 Å². The molecule has 0 heterocycles. The fourth-order valence-electron chi connectivity index (χ4n) is 1.47. The molecule has 1 atom stereocenters. The van der Waals surface area contributed by atoms with Gasteiger partial charge < -0.3 is 15.7 Å². The lowest BCUT2D eigenvalue weighted by Crippen LogP contribution is -2.46. The first-order chi connectivity index (χ1) is 7.97. The molecule has 17 heavy (non-hydrogen) atoms. The van der Waals surface area contributed by atoms with Crippen LogP contribution in [-0.2, 0) is 4.79 Å². The molecular weight excluding hydrogens is 220 g/mol. The molecule has 0 aliphatic carbocycles. The van der Waals surface area contributed by atoms with Crippen LogP contribution in [-0.4, -0.2) is 29.7 Å². The number of amides is 2. The number of urea groups is 1. The number of carboxylic acid groups (broad SMARTS) is 1. The van der Waals surface area contributed by atoms with Gasteiger partial charge in [-0.15, -0.1) is 0 Å². The Morgan fingerprint density at radius 1 is 1.24 bits per heavy atom. The van der Waals surface area contributed by atoms with Crippen LogP contribution in [0, 0.1) is 5.92 Å². The molecule has 0 aromatic heterocycles. The highest BCUT2D eigenvalue weighted by Crippen LogP contribution is 2.01. The Bertz CT molecular complexity index is 242. The van der Waals surface area contributed by atoms with Crippen LogP contribution in [0.3, 0.4) is 0 Å². The van der Waals surface area contributed by atoms with E-state index in [0.717, 1.165) is 19.3 Å². The van der Waals surface area contributed by atoms with Crippen LogP contribution in [0.15, 0.2) is 0 Å². The summed E-state index contributed by atoms with van der Waals surface area (Å²) in [5.74, 6) is -0.365. The van der Waals surface area contributed by atoms with Crippen molar-refractivity contribution in [1.29, 1.82) is 0 Å². The number of carbonyl (C=O) groups excluding carboxylic acids is 1. The highest BCUT2D eigenvalue weighted by atomic mass is 16.4. The largest absolute Gasteiger partial charge is 0.480 e. The molecule has 3 N–H and O–H groups in total. The molecule has 0 radical (unpaired) electrons. The minimum atomic E-state index is -0.982. The highest BCUT2D eigenvalue weighted by molar-refractivity contribution is 5.82. The van der Waals surface area contributed by atoms with Crippen molar-refractivity contribution in [3.63, 3.8) is 0 Å². The van der Waals surface area contributed by atoms with Crippen LogP contribution in [0.2, 0.25) is 0 Å². The number of rotatable bonds is 8. The Balaban J connectivity index is 3.78. The molecule has 2 amide bonds. The van der Waals surface area contributed by atoms with Crippen molar-refractivity contribution in [2.75, 3.05) is 6.54 Å². The summed E-state index contributed by atoms with van der Waals surface area (Å²) < 4.78 is 0. The summed E-state index contributed by atoms with van der Waals surface area (Å²) >= 11 is 0. The van der Waals surface area contributed by atoms with E-state index in [1.54, 1.807) is 0 Å². The molecule has 0 bridgehead atoms. The van der Waals surface area contributed by atoms with E-state index in [4.69, 9.17) is 5.11 Å². The molecule has 0 rings (SSSR count). The Labute approximate surface area is 103 Å². The van der Waals surface area contributed by atoms with Gasteiger partial charge in [0.15, 0.2) is 0 Å². The Hall–Kier alpha value is -1.26. The maximum absolute atomic E-state index is 11.4. The minimum Gasteiger partial charge on any atom is -0.480 e. The van der Waals surface area contributed by atoms with Crippen molar-refractivity contribution in [1.82, 2.24) is 10.6 Å². The first kappa shape index (κ1) is 15.7. The maximum Gasteiger partial charge on any atom is 0.326 e. The number of carbonyl (C=O) groups is 2. The second kappa shape index (κ2) is 8.84. The normalized spacial score (nSPS) is 12.2. The zero-order valence-electron chi connectivity index (χ0n) is 11.0. The van der Waals surface area contributed by atoms with Crippen LogP contribution in [0.4, 0.5) is 4.79 Å². The second-order valence-electron chi connectivity index (χ2n) is 4.62. The van der Waals surface area contributed by atoms with Crippen LogP contribution in [0.5, 0.6) is 0 Å². The van der Waals surface area contributed by atoms with Crippen molar-refractivity contribution in [2.24, 2.45) is 5.92 Å². The molecule has 0 saturated carbocycles. The average Bonchev–Trinajstić information content (AvgIpc) is 2.23. The van der Waals surface area contributed by atoms with Crippen LogP contribution in [0.1, 0.15) is 46.5 Å². The smallest absolute Gasteiger partial charge is 0.326 e. The predicted molar refractivity (Wildman–Crippen MR) is 66.9 cm³/mol. The molecule has 0 unspecified atom stereocenters. The van der Waals surface area contributed by atoms with Gasteiger partial charge in [-0.05, 0) is 25.2 Å². The van der Waals surface area contributed by atoms with Gasteiger partial charge >= 0.3 is 12.0 Å². The molecule has 5 nitrogen and oxygen atoms in total. The minimum absolute atomic E-state index is 0.394. The van der Waals surface area contributed by atoms with E-state index in [2.05, 4.69) is 24.5 Å². The molecule has 0 aromatic rings. The van der Waals surface area contributed by atoms with E-state index in [1.165, 1.54) is 0 Å². The van der Waals surface area contributed by atoms with Crippen LogP contribution in [0.25, 0.3) is 0 Å². The molecule has 0 saturated heterocycles. The lowest BCUT2D eigenvalue weighted by molar-refractivity contribution is -0.139. The first-order valence-corrected chi connectivity index (χ1v) is 6.24. The summed E-state index contributed by atoms with van der Waals surface area (Å²) in [4.78, 5) is 22.2. The summed E-state index contributed by atoms with van der Waals surface area (Å²) in [6.07, 6.45) is 3.15. The third-order valence-electron chi connectivity index (χ3n) is 2.42. The molecule has 100 valence electrons. The summed E-state index contributed by atoms with van der Waals surface area (Å²) in [6.45, 7) is 6.73. The molecule has 0 fully saturated rings. The lowest BCUT2D eigenvalue weighted by atomic mass is 10.1. The molecular formula is C12H24N2O3. The third-order valence-corrected chi connectivity index (χ3v) is 2.42. The summed E-state index contributed by atoms with van der Waals surface area (Å²) in [5, 5.41) is 14.0. The van der Waals surface area contributed by atoms with Gasteiger partial charge in [0, 0.05) is 6.54 Å². The van der Waals surface area contributed by atoms with Crippen molar-refractivity contribution >= 4 is 12.0 Å². The molecule has 5 heteroatoms. The third kappa shape index (κ3) is 8.54. The fourth-order valence-corrected chi connectivity index (χ4v) is 1.47. The SMILES string of the molecule is CCC[C@@H](NC(=O)NCCCC(C)C)C(=O)O. The molecule has 0 spiro atoms. The lowest BCUT2D eigenvalue weighted by Gasteiger charge is -2.14. The van der Waals surface area contributed by atoms with Gasteiger partial charge in [0.1, 0.15) is 6.04 Å². The first-order valence-electron chi connectivity index (χ1n) is 6.24. The Kier molecular flexibility index (Phi) is 8.19. The quantitative estimate of drug-likeness (QED) is 0.571. The fraction of sp³-hybridized carbons (Fsp3) is 0.833. The van der Waals surface area contributed by atoms with Crippen molar-refractivity contribution in [3.05, 3.63) is 0 Å². The van der Waals surface area contributed by atoms with Crippen molar-refractivity contribution in [2.45, 2.75) is 52.5 Å². The summed E-state index contributed by atoms with van der Waals surface area (Å²) in [7, 11) is 0. The zero-order chi connectivity index (χ0) is 13.3. The zero-order valence-corrected chi connectivity index (χ0v) is 11.0. The van der Waals surface area contributed by atoms with Gasteiger partial charge in [-0.1, -0.05) is 27.2 Å². The number of carboxylic acids is 1.